The normalized spacial score (nSPS) is 15.5. The van der Waals surface area contributed by atoms with Crippen molar-refractivity contribution in [1.82, 2.24) is 0 Å². The lowest BCUT2D eigenvalue weighted by Crippen LogP contribution is -2.12. The van der Waals surface area contributed by atoms with Crippen molar-refractivity contribution < 1.29 is 19.1 Å². The summed E-state index contributed by atoms with van der Waals surface area (Å²) < 4.78 is 9.97. The van der Waals surface area contributed by atoms with E-state index in [1.807, 2.05) is 6.92 Å². The minimum absolute atomic E-state index is 0.371. The van der Waals surface area contributed by atoms with Gasteiger partial charge in [-0.05, 0) is 44.9 Å². The maximum Gasteiger partial charge on any atom is 0.384 e. The summed E-state index contributed by atoms with van der Waals surface area (Å²) in [6.07, 6.45) is 10.9. The van der Waals surface area contributed by atoms with Crippen LogP contribution in [0, 0.1) is 11.8 Å². The Labute approximate surface area is 132 Å². The van der Waals surface area contributed by atoms with Gasteiger partial charge in [-0.3, -0.25) is 0 Å². The van der Waals surface area contributed by atoms with Crippen LogP contribution in [0.5, 0.6) is 0 Å². The number of allylic oxidation sites excluding steroid dienone is 3. The molecule has 0 amide bonds. The summed E-state index contributed by atoms with van der Waals surface area (Å²) in [4.78, 5) is 22.9. The largest absolute Gasteiger partial charge is 0.456 e. The van der Waals surface area contributed by atoms with Crippen molar-refractivity contribution in [2.75, 3.05) is 6.61 Å². The fraction of sp³-hybridized carbons (Fsp3) is 0.556. The highest BCUT2D eigenvalue weighted by Crippen LogP contribution is 2.18. The molecule has 0 aromatic carbocycles. The first-order valence-corrected chi connectivity index (χ1v) is 7.88. The lowest BCUT2D eigenvalue weighted by Gasteiger charge is -2.08. The molecule has 0 aliphatic heterocycles. The Hall–Kier alpha value is -2.02. The molecule has 1 atom stereocenters. The van der Waals surface area contributed by atoms with Gasteiger partial charge in [-0.1, -0.05) is 31.1 Å². The summed E-state index contributed by atoms with van der Waals surface area (Å²) in [5.41, 5.74) is 1.17. The molecule has 120 valence electrons. The lowest BCUT2D eigenvalue weighted by molar-refractivity contribution is -0.140. The fourth-order valence-electron chi connectivity index (χ4n) is 1.94. The molecule has 0 bridgehead atoms. The first kappa shape index (κ1) is 18.0. The molecule has 1 aliphatic carbocycles. The van der Waals surface area contributed by atoms with E-state index < -0.39 is 18.0 Å². The highest BCUT2D eigenvalue weighted by molar-refractivity contribution is 5.88. The van der Waals surface area contributed by atoms with E-state index in [2.05, 4.69) is 17.9 Å². The van der Waals surface area contributed by atoms with Gasteiger partial charge in [-0.15, -0.1) is 0 Å². The van der Waals surface area contributed by atoms with Gasteiger partial charge >= 0.3 is 11.9 Å². The average molecular weight is 304 g/mol. The van der Waals surface area contributed by atoms with Crippen LogP contribution >= 0.6 is 0 Å². The zero-order chi connectivity index (χ0) is 16.2. The summed E-state index contributed by atoms with van der Waals surface area (Å²) in [7, 11) is 0. The molecular weight excluding hydrogens is 280 g/mol. The van der Waals surface area contributed by atoms with Crippen LogP contribution in [-0.4, -0.2) is 24.6 Å². The predicted molar refractivity (Wildman–Crippen MR) is 84.9 cm³/mol. The molecule has 0 fully saturated rings. The first-order chi connectivity index (χ1) is 10.6. The Kier molecular flexibility index (Phi) is 8.74. The van der Waals surface area contributed by atoms with E-state index in [-0.39, 0.29) is 0 Å². The van der Waals surface area contributed by atoms with E-state index in [0.717, 1.165) is 32.1 Å². The van der Waals surface area contributed by atoms with Crippen LogP contribution < -0.4 is 0 Å². The van der Waals surface area contributed by atoms with Crippen molar-refractivity contribution >= 4 is 11.9 Å². The van der Waals surface area contributed by atoms with Crippen LogP contribution in [-0.2, 0) is 19.1 Å². The van der Waals surface area contributed by atoms with Gasteiger partial charge < -0.3 is 9.47 Å². The summed E-state index contributed by atoms with van der Waals surface area (Å²) in [5.74, 6) is 3.86. The van der Waals surface area contributed by atoms with E-state index >= 15 is 0 Å². The standard InChI is InChI=1S/C18H24O4/c1-3-4-14-21-17(19)12-10-15(2)22-18(20)13-11-16-8-6-5-7-9-16/h8,11,13,15H,3-7,9,14H2,1-2H3/b13-11+/t15-/m1/s1. The van der Waals surface area contributed by atoms with E-state index in [9.17, 15) is 9.59 Å². The number of hydrogen-bond donors (Lipinski definition) is 0. The van der Waals surface area contributed by atoms with Crippen molar-refractivity contribution in [3.05, 3.63) is 23.8 Å². The summed E-state index contributed by atoms with van der Waals surface area (Å²) in [6, 6.07) is 0. The second-order valence-corrected chi connectivity index (χ2v) is 5.20. The van der Waals surface area contributed by atoms with E-state index in [1.165, 1.54) is 18.1 Å². The Morgan fingerprint density at radius 2 is 2.23 bits per heavy atom. The van der Waals surface area contributed by atoms with Gasteiger partial charge in [0.25, 0.3) is 0 Å². The van der Waals surface area contributed by atoms with Gasteiger partial charge in [0.15, 0.2) is 6.10 Å². The molecule has 0 aromatic heterocycles. The Morgan fingerprint density at radius 3 is 2.91 bits per heavy atom. The van der Waals surface area contributed by atoms with E-state index in [1.54, 1.807) is 13.0 Å². The van der Waals surface area contributed by atoms with Gasteiger partial charge in [0, 0.05) is 12.0 Å². The smallest absolute Gasteiger partial charge is 0.384 e. The number of carbonyl (C=O) groups excluding carboxylic acids is 2. The van der Waals surface area contributed by atoms with Gasteiger partial charge in [0.1, 0.15) is 0 Å². The van der Waals surface area contributed by atoms with Gasteiger partial charge in [-0.2, -0.15) is 0 Å². The number of esters is 2. The first-order valence-electron chi connectivity index (χ1n) is 7.88. The molecule has 0 N–H and O–H groups in total. The Balaban J connectivity index is 2.33. The topological polar surface area (TPSA) is 52.6 Å². The third-order valence-corrected chi connectivity index (χ3v) is 3.16. The molecule has 0 saturated carbocycles. The van der Waals surface area contributed by atoms with Crippen LogP contribution in [0.4, 0.5) is 0 Å². The SMILES string of the molecule is CCCCOC(=O)C#C[C@@H](C)OC(=O)/C=C/C1=CCCCC1. The number of carbonyl (C=O) groups is 2. The monoisotopic (exact) mass is 304 g/mol. The maximum absolute atomic E-state index is 11.6. The van der Waals surface area contributed by atoms with Crippen molar-refractivity contribution in [2.24, 2.45) is 0 Å². The van der Waals surface area contributed by atoms with Crippen molar-refractivity contribution in [3.8, 4) is 11.8 Å². The molecule has 0 spiro atoms. The molecule has 1 rings (SSSR count). The van der Waals surface area contributed by atoms with Crippen LogP contribution in [0.15, 0.2) is 23.8 Å². The highest BCUT2D eigenvalue weighted by atomic mass is 16.5. The molecule has 0 saturated heterocycles. The molecule has 0 unspecified atom stereocenters. The van der Waals surface area contributed by atoms with Gasteiger partial charge in [0.2, 0.25) is 0 Å². The molecular formula is C18H24O4. The maximum atomic E-state index is 11.6. The number of rotatable bonds is 6. The third kappa shape index (κ3) is 8.31. The number of ether oxygens (including phenoxy) is 2. The summed E-state index contributed by atoms with van der Waals surface area (Å²) in [5, 5.41) is 0. The number of hydrogen-bond acceptors (Lipinski definition) is 4. The van der Waals surface area contributed by atoms with E-state index in [4.69, 9.17) is 9.47 Å². The quantitative estimate of drug-likeness (QED) is 0.248. The van der Waals surface area contributed by atoms with Gasteiger partial charge in [-0.25, -0.2) is 9.59 Å². The average Bonchev–Trinajstić information content (AvgIpc) is 2.52. The molecule has 0 heterocycles. The van der Waals surface area contributed by atoms with Crippen LogP contribution in [0.25, 0.3) is 0 Å². The molecule has 4 nitrogen and oxygen atoms in total. The van der Waals surface area contributed by atoms with Crippen LogP contribution in [0.2, 0.25) is 0 Å². The highest BCUT2D eigenvalue weighted by Gasteiger charge is 2.05. The third-order valence-electron chi connectivity index (χ3n) is 3.16. The Morgan fingerprint density at radius 1 is 1.41 bits per heavy atom. The zero-order valence-corrected chi connectivity index (χ0v) is 13.4. The molecule has 1 aliphatic rings. The zero-order valence-electron chi connectivity index (χ0n) is 13.4. The van der Waals surface area contributed by atoms with Crippen LogP contribution in [0.3, 0.4) is 0 Å². The van der Waals surface area contributed by atoms with Crippen molar-refractivity contribution in [2.45, 2.75) is 58.5 Å². The molecule has 4 heteroatoms. The van der Waals surface area contributed by atoms with Crippen molar-refractivity contribution in [1.29, 1.82) is 0 Å². The van der Waals surface area contributed by atoms with Crippen LogP contribution in [0.1, 0.15) is 52.4 Å². The minimum Gasteiger partial charge on any atom is -0.456 e. The Bertz CT molecular complexity index is 491. The second-order valence-electron chi connectivity index (χ2n) is 5.20. The minimum atomic E-state index is -0.642. The van der Waals surface area contributed by atoms with E-state index in [0.29, 0.717) is 6.61 Å². The van der Waals surface area contributed by atoms with Gasteiger partial charge in [0.05, 0.1) is 6.61 Å². The molecule has 0 radical (unpaired) electrons. The number of unbranched alkanes of at least 4 members (excludes halogenated alkanes) is 1. The summed E-state index contributed by atoms with van der Waals surface area (Å²) in [6.45, 7) is 4.01. The fourth-order valence-corrected chi connectivity index (χ4v) is 1.94. The van der Waals surface area contributed by atoms with Crippen molar-refractivity contribution in [3.63, 3.8) is 0 Å². The predicted octanol–water partition coefficient (Wildman–Crippen LogP) is 3.32. The molecule has 0 aromatic rings. The lowest BCUT2D eigenvalue weighted by atomic mass is 9.99. The molecule has 22 heavy (non-hydrogen) atoms. The second kappa shape index (κ2) is 10.7. The summed E-state index contributed by atoms with van der Waals surface area (Å²) >= 11 is 0.